The van der Waals surface area contributed by atoms with Gasteiger partial charge in [0.25, 0.3) is 0 Å². The van der Waals surface area contributed by atoms with E-state index >= 15 is 0 Å². The van der Waals surface area contributed by atoms with Crippen molar-refractivity contribution in [3.05, 3.63) is 58.5 Å². The topological polar surface area (TPSA) is 51.2 Å². The smallest absolute Gasteiger partial charge is 0.0950 e. The minimum atomic E-state index is 0.00829. The van der Waals surface area contributed by atoms with Crippen molar-refractivity contribution in [2.24, 2.45) is 5.84 Å². The van der Waals surface area contributed by atoms with E-state index in [4.69, 9.17) is 21.9 Å². The van der Waals surface area contributed by atoms with E-state index in [0.717, 1.165) is 28.1 Å². The van der Waals surface area contributed by atoms with Crippen LogP contribution in [0.25, 0.3) is 0 Å². The summed E-state index contributed by atoms with van der Waals surface area (Å²) in [4.78, 5) is 0. The number of hydrogen-bond acceptors (Lipinski definition) is 3. The largest absolute Gasteiger partial charge is 0.472 e. The Morgan fingerprint density at radius 3 is 2.82 bits per heavy atom. The van der Waals surface area contributed by atoms with Crippen molar-refractivity contribution in [3.8, 4) is 0 Å². The molecule has 1 aromatic heterocycles. The molecular formula is C13H15ClN2O. The van der Waals surface area contributed by atoms with Crippen molar-refractivity contribution in [3.63, 3.8) is 0 Å². The van der Waals surface area contributed by atoms with E-state index in [0.29, 0.717) is 0 Å². The number of rotatable bonds is 4. The third-order valence-electron chi connectivity index (χ3n) is 2.78. The second-order valence-corrected chi connectivity index (χ2v) is 4.48. The highest BCUT2D eigenvalue weighted by atomic mass is 35.5. The van der Waals surface area contributed by atoms with E-state index in [1.54, 1.807) is 12.5 Å². The lowest BCUT2D eigenvalue weighted by Gasteiger charge is -2.15. The van der Waals surface area contributed by atoms with Gasteiger partial charge < -0.3 is 4.42 Å². The molecule has 0 aliphatic carbocycles. The maximum absolute atomic E-state index is 6.20. The van der Waals surface area contributed by atoms with Gasteiger partial charge in [0.15, 0.2) is 0 Å². The first kappa shape index (κ1) is 12.2. The lowest BCUT2D eigenvalue weighted by molar-refractivity contribution is 0.525. The summed E-state index contributed by atoms with van der Waals surface area (Å²) in [5, 5.41) is 0.772. The van der Waals surface area contributed by atoms with Crippen molar-refractivity contribution in [1.82, 2.24) is 5.43 Å². The quantitative estimate of drug-likeness (QED) is 0.648. The van der Waals surface area contributed by atoms with Gasteiger partial charge >= 0.3 is 0 Å². The van der Waals surface area contributed by atoms with Gasteiger partial charge in [-0.3, -0.25) is 11.3 Å². The number of nitrogens with one attached hydrogen (secondary N) is 1. The number of nitrogens with two attached hydrogens (primary N) is 1. The van der Waals surface area contributed by atoms with E-state index < -0.39 is 0 Å². The van der Waals surface area contributed by atoms with E-state index in [1.807, 2.05) is 31.2 Å². The fraction of sp³-hybridized carbons (Fsp3) is 0.231. The van der Waals surface area contributed by atoms with Gasteiger partial charge in [-0.25, -0.2) is 0 Å². The number of benzene rings is 1. The highest BCUT2D eigenvalue weighted by Gasteiger charge is 2.13. The van der Waals surface area contributed by atoms with Gasteiger partial charge in [0.05, 0.1) is 18.6 Å². The number of hydrogen-bond donors (Lipinski definition) is 2. The van der Waals surface area contributed by atoms with Crippen molar-refractivity contribution >= 4 is 11.6 Å². The molecule has 2 rings (SSSR count). The molecule has 3 N–H and O–H groups in total. The standard InChI is InChI=1S/C13H15ClN2O/c1-9-2-3-10(12(14)6-9)7-13(16-15)11-4-5-17-8-11/h2-6,8,13,16H,7,15H2,1H3. The van der Waals surface area contributed by atoms with Crippen LogP contribution in [-0.2, 0) is 6.42 Å². The Morgan fingerprint density at radius 1 is 1.41 bits per heavy atom. The zero-order valence-corrected chi connectivity index (χ0v) is 10.4. The molecule has 2 aromatic rings. The molecule has 1 unspecified atom stereocenters. The SMILES string of the molecule is Cc1ccc(CC(NN)c2ccoc2)c(Cl)c1. The van der Waals surface area contributed by atoms with Crippen LogP contribution in [-0.4, -0.2) is 0 Å². The summed E-state index contributed by atoms with van der Waals surface area (Å²) >= 11 is 6.20. The normalized spacial score (nSPS) is 12.6. The van der Waals surface area contributed by atoms with E-state index in [-0.39, 0.29) is 6.04 Å². The van der Waals surface area contributed by atoms with Crippen LogP contribution in [0.5, 0.6) is 0 Å². The molecule has 0 spiro atoms. The zero-order chi connectivity index (χ0) is 12.3. The summed E-state index contributed by atoms with van der Waals surface area (Å²) < 4.78 is 5.06. The van der Waals surface area contributed by atoms with E-state index in [1.165, 1.54) is 0 Å². The van der Waals surface area contributed by atoms with Crippen LogP contribution in [0, 0.1) is 6.92 Å². The number of aryl methyl sites for hydroxylation is 1. The van der Waals surface area contributed by atoms with Crippen LogP contribution in [0.4, 0.5) is 0 Å². The molecule has 17 heavy (non-hydrogen) atoms. The molecule has 1 atom stereocenters. The summed E-state index contributed by atoms with van der Waals surface area (Å²) in [7, 11) is 0. The summed E-state index contributed by atoms with van der Waals surface area (Å²) in [6, 6.07) is 7.94. The van der Waals surface area contributed by atoms with Gasteiger partial charge in [-0.15, -0.1) is 0 Å². The molecule has 0 bridgehead atoms. The first-order valence-electron chi connectivity index (χ1n) is 5.44. The van der Waals surface area contributed by atoms with Crippen LogP contribution in [0.1, 0.15) is 22.7 Å². The maximum Gasteiger partial charge on any atom is 0.0950 e. The Morgan fingerprint density at radius 2 is 2.24 bits per heavy atom. The second-order valence-electron chi connectivity index (χ2n) is 4.07. The Hall–Kier alpha value is -1.29. The lowest BCUT2D eigenvalue weighted by Crippen LogP contribution is -2.29. The fourth-order valence-electron chi connectivity index (χ4n) is 1.78. The molecule has 1 aromatic carbocycles. The first-order chi connectivity index (χ1) is 8.20. The van der Waals surface area contributed by atoms with Crippen LogP contribution in [0.2, 0.25) is 5.02 Å². The van der Waals surface area contributed by atoms with Gasteiger partial charge in [0.2, 0.25) is 0 Å². The van der Waals surface area contributed by atoms with E-state index in [9.17, 15) is 0 Å². The molecule has 0 aliphatic rings. The Kier molecular flexibility index (Phi) is 3.84. The molecule has 0 saturated heterocycles. The number of hydrazine groups is 1. The van der Waals surface area contributed by atoms with Crippen LogP contribution < -0.4 is 11.3 Å². The monoisotopic (exact) mass is 250 g/mol. The minimum Gasteiger partial charge on any atom is -0.472 e. The average Bonchev–Trinajstić information content (AvgIpc) is 2.81. The predicted molar refractivity (Wildman–Crippen MR) is 68.7 cm³/mol. The molecule has 3 nitrogen and oxygen atoms in total. The Labute approximate surface area is 106 Å². The second kappa shape index (κ2) is 5.36. The first-order valence-corrected chi connectivity index (χ1v) is 5.81. The van der Waals surface area contributed by atoms with Gasteiger partial charge in [-0.2, -0.15) is 0 Å². The summed E-state index contributed by atoms with van der Waals surface area (Å²) in [6.45, 7) is 2.02. The lowest BCUT2D eigenvalue weighted by atomic mass is 10.0. The highest BCUT2D eigenvalue weighted by Crippen LogP contribution is 2.24. The van der Waals surface area contributed by atoms with E-state index in [2.05, 4.69) is 5.43 Å². The van der Waals surface area contributed by atoms with Crippen LogP contribution >= 0.6 is 11.6 Å². The van der Waals surface area contributed by atoms with Gasteiger partial charge in [-0.05, 0) is 36.6 Å². The van der Waals surface area contributed by atoms with Gasteiger partial charge in [0.1, 0.15) is 0 Å². The molecule has 90 valence electrons. The van der Waals surface area contributed by atoms with Crippen molar-refractivity contribution in [2.75, 3.05) is 0 Å². The molecular weight excluding hydrogens is 236 g/mol. The third-order valence-corrected chi connectivity index (χ3v) is 3.13. The van der Waals surface area contributed by atoms with Crippen molar-refractivity contribution in [2.45, 2.75) is 19.4 Å². The molecule has 0 radical (unpaired) electrons. The molecule has 0 amide bonds. The summed E-state index contributed by atoms with van der Waals surface area (Å²) in [6.07, 6.45) is 4.05. The Balaban J connectivity index is 2.19. The van der Waals surface area contributed by atoms with Crippen LogP contribution in [0.3, 0.4) is 0 Å². The number of furan rings is 1. The molecule has 1 heterocycles. The van der Waals surface area contributed by atoms with Gasteiger partial charge in [0, 0.05) is 10.6 Å². The summed E-state index contributed by atoms with van der Waals surface area (Å²) in [5.41, 5.74) is 6.02. The maximum atomic E-state index is 6.20. The molecule has 0 aliphatic heterocycles. The third kappa shape index (κ3) is 2.88. The molecule has 0 fully saturated rings. The van der Waals surface area contributed by atoms with Crippen molar-refractivity contribution < 1.29 is 4.42 Å². The minimum absolute atomic E-state index is 0.00829. The van der Waals surface area contributed by atoms with Gasteiger partial charge in [-0.1, -0.05) is 23.7 Å². The summed E-state index contributed by atoms with van der Waals surface area (Å²) in [5.74, 6) is 5.56. The Bertz CT molecular complexity index is 482. The predicted octanol–water partition coefficient (Wildman–Crippen LogP) is 2.99. The molecule has 0 saturated carbocycles. The van der Waals surface area contributed by atoms with Crippen molar-refractivity contribution in [1.29, 1.82) is 0 Å². The average molecular weight is 251 g/mol. The zero-order valence-electron chi connectivity index (χ0n) is 9.61. The highest BCUT2D eigenvalue weighted by molar-refractivity contribution is 6.31. The fourth-order valence-corrected chi connectivity index (χ4v) is 2.10. The number of halogens is 1. The van der Waals surface area contributed by atoms with Crippen LogP contribution in [0.15, 0.2) is 41.2 Å². The molecule has 4 heteroatoms.